The summed E-state index contributed by atoms with van der Waals surface area (Å²) < 4.78 is 60.8. The van der Waals surface area contributed by atoms with Gasteiger partial charge in [-0.05, 0) is 42.7 Å². The van der Waals surface area contributed by atoms with Crippen molar-refractivity contribution in [2.24, 2.45) is 5.16 Å². The summed E-state index contributed by atoms with van der Waals surface area (Å²) in [5, 5.41) is 4.06. The summed E-state index contributed by atoms with van der Waals surface area (Å²) in [7, 11) is 3.16. The van der Waals surface area contributed by atoms with E-state index < -0.39 is 24.1 Å². The van der Waals surface area contributed by atoms with Crippen LogP contribution in [0.2, 0.25) is 0 Å². The van der Waals surface area contributed by atoms with Gasteiger partial charge >= 0.3 is 6.18 Å². The molecular formula is C26H30F3NO5. The molecule has 2 aromatic rings. The molecule has 1 fully saturated rings. The second-order valence-electron chi connectivity index (χ2n) is 7.99. The molecule has 1 heterocycles. The van der Waals surface area contributed by atoms with Crippen molar-refractivity contribution in [1.82, 2.24) is 0 Å². The lowest BCUT2D eigenvalue weighted by molar-refractivity contribution is -0.308. The molecular weight excluding hydrogens is 463 g/mol. The standard InChI is InChI=1S/C26H30F3NO5/c1-5-33-23-22(31-3)17(2)34-25(24(23)32-4)35-30-16-20-10-8-18(9-11-20)6-7-19-12-14-21(15-13-19)26(27,28)29/h6-17,22-25H,5H2,1-4H3/b7-6+,30-16+/t17-,22-,23+,24+,25-/m0/s1. The van der Waals surface area contributed by atoms with Gasteiger partial charge in [0.1, 0.15) is 12.2 Å². The highest BCUT2D eigenvalue weighted by Crippen LogP contribution is 2.30. The summed E-state index contributed by atoms with van der Waals surface area (Å²) in [6, 6.07) is 12.4. The Kier molecular flexibility index (Phi) is 9.45. The number of hydrogen-bond donors (Lipinski definition) is 0. The fourth-order valence-electron chi connectivity index (χ4n) is 3.83. The van der Waals surface area contributed by atoms with E-state index in [1.807, 2.05) is 44.2 Å². The molecule has 1 aliphatic rings. The highest BCUT2D eigenvalue weighted by molar-refractivity contribution is 5.80. The molecule has 1 saturated heterocycles. The van der Waals surface area contributed by atoms with Crippen LogP contribution in [0.15, 0.2) is 53.7 Å². The second kappa shape index (κ2) is 12.3. The molecule has 0 unspecified atom stereocenters. The third-order valence-electron chi connectivity index (χ3n) is 5.64. The Balaban J connectivity index is 1.59. The predicted octanol–water partition coefficient (Wildman–Crippen LogP) is 5.41. The number of ether oxygens (including phenoxy) is 4. The van der Waals surface area contributed by atoms with Crippen molar-refractivity contribution in [3.8, 4) is 0 Å². The van der Waals surface area contributed by atoms with E-state index in [0.29, 0.717) is 12.2 Å². The first kappa shape index (κ1) is 26.9. The minimum absolute atomic E-state index is 0.279. The molecule has 0 radical (unpaired) electrons. The minimum atomic E-state index is -4.34. The summed E-state index contributed by atoms with van der Waals surface area (Å²) in [6.45, 7) is 4.27. The van der Waals surface area contributed by atoms with Crippen LogP contribution in [0.5, 0.6) is 0 Å². The zero-order chi connectivity index (χ0) is 25.4. The van der Waals surface area contributed by atoms with Crippen LogP contribution >= 0.6 is 0 Å². The molecule has 0 amide bonds. The van der Waals surface area contributed by atoms with Gasteiger partial charge in [0.15, 0.2) is 6.10 Å². The molecule has 1 aliphatic heterocycles. The third kappa shape index (κ3) is 7.14. The van der Waals surface area contributed by atoms with Crippen molar-refractivity contribution in [3.05, 3.63) is 70.8 Å². The van der Waals surface area contributed by atoms with E-state index >= 15 is 0 Å². The van der Waals surface area contributed by atoms with Gasteiger partial charge in [-0.3, -0.25) is 0 Å². The van der Waals surface area contributed by atoms with E-state index in [1.54, 1.807) is 26.5 Å². The molecule has 2 aromatic carbocycles. The van der Waals surface area contributed by atoms with Gasteiger partial charge in [0.05, 0.1) is 17.9 Å². The minimum Gasteiger partial charge on any atom is -0.376 e. The largest absolute Gasteiger partial charge is 0.416 e. The maximum atomic E-state index is 12.7. The molecule has 0 saturated carbocycles. The average molecular weight is 494 g/mol. The Morgan fingerprint density at radius 2 is 1.40 bits per heavy atom. The molecule has 5 atom stereocenters. The van der Waals surface area contributed by atoms with Gasteiger partial charge in [-0.1, -0.05) is 53.7 Å². The van der Waals surface area contributed by atoms with Crippen molar-refractivity contribution in [3.63, 3.8) is 0 Å². The van der Waals surface area contributed by atoms with Crippen molar-refractivity contribution in [2.75, 3.05) is 20.8 Å². The number of methoxy groups -OCH3 is 2. The lowest BCUT2D eigenvalue weighted by atomic mass is 9.99. The number of nitrogens with zero attached hydrogens (tertiary/aromatic N) is 1. The van der Waals surface area contributed by atoms with Crippen molar-refractivity contribution in [2.45, 2.75) is 50.7 Å². The van der Waals surface area contributed by atoms with Gasteiger partial charge in [0.25, 0.3) is 6.29 Å². The first-order valence-electron chi connectivity index (χ1n) is 11.2. The van der Waals surface area contributed by atoms with Gasteiger partial charge in [0, 0.05) is 20.8 Å². The van der Waals surface area contributed by atoms with Crippen LogP contribution in [0, 0.1) is 0 Å². The molecule has 190 valence electrons. The molecule has 3 rings (SSSR count). The van der Waals surface area contributed by atoms with Gasteiger partial charge < -0.3 is 23.8 Å². The Morgan fingerprint density at radius 3 is 1.91 bits per heavy atom. The van der Waals surface area contributed by atoms with Gasteiger partial charge in [-0.25, -0.2) is 0 Å². The number of oxime groups is 1. The van der Waals surface area contributed by atoms with Crippen LogP contribution in [0.25, 0.3) is 12.2 Å². The fraction of sp³-hybridized carbons (Fsp3) is 0.423. The topological polar surface area (TPSA) is 58.5 Å². The molecule has 9 heteroatoms. The maximum Gasteiger partial charge on any atom is 0.416 e. The number of rotatable bonds is 9. The van der Waals surface area contributed by atoms with Crippen molar-refractivity contribution in [1.29, 1.82) is 0 Å². The summed E-state index contributed by atoms with van der Waals surface area (Å²) >= 11 is 0. The van der Waals surface area contributed by atoms with E-state index in [0.717, 1.165) is 23.3 Å². The zero-order valence-electron chi connectivity index (χ0n) is 20.1. The quantitative estimate of drug-likeness (QED) is 0.266. The highest BCUT2D eigenvalue weighted by atomic mass is 19.4. The normalized spacial score (nSPS) is 25.4. The highest BCUT2D eigenvalue weighted by Gasteiger charge is 2.47. The number of alkyl halides is 3. The lowest BCUT2D eigenvalue weighted by Crippen LogP contribution is -2.59. The smallest absolute Gasteiger partial charge is 0.376 e. The first-order valence-corrected chi connectivity index (χ1v) is 11.2. The first-order chi connectivity index (χ1) is 16.8. The Hall–Kier alpha value is -2.72. The molecule has 35 heavy (non-hydrogen) atoms. The third-order valence-corrected chi connectivity index (χ3v) is 5.64. The maximum absolute atomic E-state index is 12.7. The van der Waals surface area contributed by atoms with Crippen molar-refractivity contribution >= 4 is 18.4 Å². The second-order valence-corrected chi connectivity index (χ2v) is 7.99. The van der Waals surface area contributed by atoms with E-state index in [1.165, 1.54) is 12.1 Å². The summed E-state index contributed by atoms with van der Waals surface area (Å²) in [6.07, 6.45) is -1.44. The number of halogens is 3. The van der Waals surface area contributed by atoms with E-state index in [-0.39, 0.29) is 18.3 Å². The molecule has 0 N–H and O–H groups in total. The summed E-state index contributed by atoms with van der Waals surface area (Å²) in [5.41, 5.74) is 1.69. The molecule has 0 aromatic heterocycles. The van der Waals surface area contributed by atoms with E-state index in [9.17, 15) is 13.2 Å². The van der Waals surface area contributed by atoms with Crippen LogP contribution in [0.3, 0.4) is 0 Å². The lowest BCUT2D eigenvalue weighted by Gasteiger charge is -2.42. The monoisotopic (exact) mass is 493 g/mol. The fourth-order valence-corrected chi connectivity index (χ4v) is 3.83. The van der Waals surface area contributed by atoms with Gasteiger partial charge in [0.2, 0.25) is 0 Å². The van der Waals surface area contributed by atoms with Crippen LogP contribution in [-0.4, -0.2) is 57.7 Å². The average Bonchev–Trinajstić information content (AvgIpc) is 2.83. The predicted molar refractivity (Wildman–Crippen MR) is 127 cm³/mol. The zero-order valence-corrected chi connectivity index (χ0v) is 20.1. The van der Waals surface area contributed by atoms with E-state index in [4.69, 9.17) is 23.8 Å². The molecule has 6 nitrogen and oxygen atoms in total. The molecule has 0 bridgehead atoms. The SMILES string of the molecule is CCO[C@@H]1[C@@H](OC)[C@H](C)O[C@@H](O/N=C/c2ccc(/C=C/c3ccc(C(F)(F)F)cc3)cc2)[C@@H]1OC. The van der Waals surface area contributed by atoms with Crippen molar-refractivity contribution < 1.29 is 37.0 Å². The molecule has 0 aliphatic carbocycles. The van der Waals surface area contributed by atoms with Crippen LogP contribution in [-0.2, 0) is 30.0 Å². The van der Waals surface area contributed by atoms with Crippen LogP contribution < -0.4 is 0 Å². The number of benzene rings is 2. The Bertz CT molecular complexity index is 976. The summed E-state index contributed by atoms with van der Waals surface area (Å²) in [4.78, 5) is 5.59. The van der Waals surface area contributed by atoms with Gasteiger partial charge in [-0.2, -0.15) is 13.2 Å². The van der Waals surface area contributed by atoms with Crippen LogP contribution in [0.4, 0.5) is 13.2 Å². The Morgan fingerprint density at radius 1 is 0.857 bits per heavy atom. The molecule has 0 spiro atoms. The Labute approximate surface area is 203 Å². The van der Waals surface area contributed by atoms with Crippen LogP contribution in [0.1, 0.15) is 36.1 Å². The van der Waals surface area contributed by atoms with E-state index in [2.05, 4.69) is 5.16 Å². The number of hydrogen-bond acceptors (Lipinski definition) is 6. The van der Waals surface area contributed by atoms with Gasteiger partial charge in [-0.15, -0.1) is 0 Å². The summed E-state index contributed by atoms with van der Waals surface area (Å²) in [5.74, 6) is 0.